The first-order valence-corrected chi connectivity index (χ1v) is 8.37. The number of hydrogen-bond donors (Lipinski definition) is 1. The Labute approximate surface area is 142 Å². The Hall–Kier alpha value is -2.34. The Kier molecular flexibility index (Phi) is 5.48. The SMILES string of the molecule is NC(=O)COc1cccc(CN2CCCC(Cn3ccnc3)C2)c1. The third kappa shape index (κ3) is 4.83. The lowest BCUT2D eigenvalue weighted by Crippen LogP contribution is -2.36. The van der Waals surface area contributed by atoms with Crippen LogP contribution in [-0.4, -0.2) is 40.1 Å². The van der Waals surface area contributed by atoms with Gasteiger partial charge in [0.25, 0.3) is 5.91 Å². The van der Waals surface area contributed by atoms with E-state index < -0.39 is 5.91 Å². The largest absolute Gasteiger partial charge is 0.484 e. The van der Waals surface area contributed by atoms with Crippen molar-refractivity contribution in [2.75, 3.05) is 19.7 Å². The Balaban J connectivity index is 1.55. The highest BCUT2D eigenvalue weighted by Crippen LogP contribution is 2.21. The van der Waals surface area contributed by atoms with E-state index in [9.17, 15) is 4.79 Å². The molecule has 2 N–H and O–H groups in total. The molecule has 24 heavy (non-hydrogen) atoms. The van der Waals surface area contributed by atoms with Crippen molar-refractivity contribution in [3.8, 4) is 5.75 Å². The first-order valence-electron chi connectivity index (χ1n) is 8.37. The second-order valence-corrected chi connectivity index (χ2v) is 6.41. The number of amides is 1. The third-order valence-corrected chi connectivity index (χ3v) is 4.32. The lowest BCUT2D eigenvalue weighted by atomic mass is 9.97. The lowest BCUT2D eigenvalue weighted by Gasteiger charge is -2.33. The number of piperidine rings is 1. The van der Waals surface area contributed by atoms with Gasteiger partial charge < -0.3 is 15.0 Å². The molecule has 2 heterocycles. The summed E-state index contributed by atoms with van der Waals surface area (Å²) in [6.07, 6.45) is 8.23. The molecule has 0 bridgehead atoms. The van der Waals surface area contributed by atoms with Crippen molar-refractivity contribution in [1.82, 2.24) is 14.5 Å². The molecule has 1 amide bonds. The summed E-state index contributed by atoms with van der Waals surface area (Å²) < 4.78 is 7.54. The van der Waals surface area contributed by atoms with Gasteiger partial charge in [-0.1, -0.05) is 12.1 Å². The van der Waals surface area contributed by atoms with E-state index in [0.29, 0.717) is 11.7 Å². The number of nitrogens with zero attached hydrogens (tertiary/aromatic N) is 3. The van der Waals surface area contributed by atoms with Gasteiger partial charge in [0, 0.05) is 32.0 Å². The minimum atomic E-state index is -0.459. The van der Waals surface area contributed by atoms with Crippen LogP contribution in [-0.2, 0) is 17.9 Å². The topological polar surface area (TPSA) is 73.4 Å². The number of hydrogen-bond acceptors (Lipinski definition) is 4. The lowest BCUT2D eigenvalue weighted by molar-refractivity contribution is -0.119. The smallest absolute Gasteiger partial charge is 0.255 e. The van der Waals surface area contributed by atoms with Crippen LogP contribution in [0.5, 0.6) is 5.75 Å². The van der Waals surface area contributed by atoms with Crippen molar-refractivity contribution in [3.05, 3.63) is 48.5 Å². The van der Waals surface area contributed by atoms with E-state index in [1.165, 1.54) is 18.4 Å². The van der Waals surface area contributed by atoms with Crippen molar-refractivity contribution in [3.63, 3.8) is 0 Å². The predicted molar refractivity (Wildman–Crippen MR) is 91.4 cm³/mol. The average molecular weight is 328 g/mol. The summed E-state index contributed by atoms with van der Waals surface area (Å²) in [6, 6.07) is 7.89. The van der Waals surface area contributed by atoms with E-state index in [0.717, 1.165) is 26.2 Å². The summed E-state index contributed by atoms with van der Waals surface area (Å²) >= 11 is 0. The molecule has 0 radical (unpaired) electrons. The molecule has 0 saturated carbocycles. The minimum absolute atomic E-state index is 0.0832. The van der Waals surface area contributed by atoms with Crippen LogP contribution in [0, 0.1) is 5.92 Å². The quantitative estimate of drug-likeness (QED) is 0.839. The molecule has 6 nitrogen and oxygen atoms in total. The summed E-state index contributed by atoms with van der Waals surface area (Å²) in [4.78, 5) is 17.4. The Bertz CT molecular complexity index is 657. The van der Waals surface area contributed by atoms with Gasteiger partial charge in [-0.15, -0.1) is 0 Å². The number of likely N-dealkylation sites (tertiary alicyclic amines) is 1. The molecule has 1 aromatic carbocycles. The van der Waals surface area contributed by atoms with E-state index in [4.69, 9.17) is 10.5 Å². The number of nitrogens with two attached hydrogens (primary N) is 1. The number of imidazole rings is 1. The van der Waals surface area contributed by atoms with Crippen LogP contribution in [0.1, 0.15) is 18.4 Å². The molecule has 1 unspecified atom stereocenters. The molecule has 1 aromatic heterocycles. The summed E-state index contributed by atoms with van der Waals surface area (Å²) in [5.41, 5.74) is 6.31. The first-order chi connectivity index (χ1) is 11.7. The molecule has 0 aliphatic carbocycles. The fraction of sp³-hybridized carbons (Fsp3) is 0.444. The van der Waals surface area contributed by atoms with Crippen LogP contribution in [0.2, 0.25) is 0 Å². The molecule has 1 atom stereocenters. The molecule has 1 saturated heterocycles. The Morgan fingerprint density at radius 3 is 3.12 bits per heavy atom. The van der Waals surface area contributed by atoms with E-state index in [1.807, 2.05) is 36.9 Å². The molecular weight excluding hydrogens is 304 g/mol. The first kappa shape index (κ1) is 16.5. The number of primary amides is 1. The van der Waals surface area contributed by atoms with E-state index in [2.05, 4.69) is 20.5 Å². The minimum Gasteiger partial charge on any atom is -0.484 e. The Morgan fingerprint density at radius 2 is 2.33 bits per heavy atom. The molecule has 6 heteroatoms. The van der Waals surface area contributed by atoms with Crippen molar-refractivity contribution >= 4 is 5.91 Å². The zero-order valence-corrected chi connectivity index (χ0v) is 13.8. The van der Waals surface area contributed by atoms with Crippen molar-refractivity contribution in [2.45, 2.75) is 25.9 Å². The molecule has 0 spiro atoms. The van der Waals surface area contributed by atoms with E-state index in [1.54, 1.807) is 0 Å². The van der Waals surface area contributed by atoms with Crippen molar-refractivity contribution in [1.29, 1.82) is 0 Å². The number of carbonyl (C=O) groups excluding carboxylic acids is 1. The van der Waals surface area contributed by atoms with Crippen LogP contribution >= 0.6 is 0 Å². The number of aromatic nitrogens is 2. The van der Waals surface area contributed by atoms with Crippen molar-refractivity contribution in [2.24, 2.45) is 11.7 Å². The van der Waals surface area contributed by atoms with Gasteiger partial charge in [0.05, 0.1) is 6.33 Å². The number of ether oxygens (including phenoxy) is 1. The Morgan fingerprint density at radius 1 is 1.42 bits per heavy atom. The maximum atomic E-state index is 10.8. The van der Waals surface area contributed by atoms with Gasteiger partial charge in [-0.3, -0.25) is 9.69 Å². The van der Waals surface area contributed by atoms with Gasteiger partial charge in [0.1, 0.15) is 5.75 Å². The van der Waals surface area contributed by atoms with Gasteiger partial charge in [0.2, 0.25) is 0 Å². The molecule has 2 aromatic rings. The van der Waals surface area contributed by atoms with Gasteiger partial charge in [-0.25, -0.2) is 4.98 Å². The molecule has 1 aliphatic rings. The molecule has 128 valence electrons. The second kappa shape index (κ2) is 7.97. The molecule has 1 fully saturated rings. The molecular formula is C18H24N4O2. The standard InChI is InChI=1S/C18H24N4O2/c19-18(23)13-24-17-5-1-3-15(9-17)10-21-7-2-4-16(11-21)12-22-8-6-20-14-22/h1,3,5-6,8-9,14,16H,2,4,7,10-13H2,(H2,19,23). The number of benzene rings is 1. The van der Waals surface area contributed by atoms with Gasteiger partial charge in [-0.05, 0) is 43.0 Å². The second-order valence-electron chi connectivity index (χ2n) is 6.41. The van der Waals surface area contributed by atoms with Gasteiger partial charge in [0.15, 0.2) is 6.61 Å². The summed E-state index contributed by atoms with van der Waals surface area (Å²) in [5, 5.41) is 0. The zero-order valence-electron chi connectivity index (χ0n) is 13.8. The van der Waals surface area contributed by atoms with Crippen molar-refractivity contribution < 1.29 is 9.53 Å². The number of carbonyl (C=O) groups is 1. The summed E-state index contributed by atoms with van der Waals surface area (Å²) in [5.74, 6) is 0.888. The highest BCUT2D eigenvalue weighted by Gasteiger charge is 2.20. The zero-order chi connectivity index (χ0) is 16.8. The average Bonchev–Trinajstić information content (AvgIpc) is 3.07. The van der Waals surface area contributed by atoms with Crippen LogP contribution in [0.3, 0.4) is 0 Å². The highest BCUT2D eigenvalue weighted by atomic mass is 16.5. The van der Waals surface area contributed by atoms with E-state index >= 15 is 0 Å². The van der Waals surface area contributed by atoms with E-state index in [-0.39, 0.29) is 6.61 Å². The maximum absolute atomic E-state index is 10.8. The number of rotatable bonds is 7. The summed E-state index contributed by atoms with van der Waals surface area (Å²) in [6.45, 7) is 4.05. The van der Waals surface area contributed by atoms with Crippen LogP contribution < -0.4 is 10.5 Å². The monoisotopic (exact) mass is 328 g/mol. The maximum Gasteiger partial charge on any atom is 0.255 e. The normalized spacial score (nSPS) is 18.4. The van der Waals surface area contributed by atoms with Crippen LogP contribution in [0.4, 0.5) is 0 Å². The van der Waals surface area contributed by atoms with Gasteiger partial charge >= 0.3 is 0 Å². The van der Waals surface area contributed by atoms with Crippen LogP contribution in [0.15, 0.2) is 43.0 Å². The molecule has 3 rings (SSSR count). The van der Waals surface area contributed by atoms with Gasteiger partial charge in [-0.2, -0.15) is 0 Å². The fourth-order valence-electron chi connectivity index (χ4n) is 3.28. The van der Waals surface area contributed by atoms with Crippen LogP contribution in [0.25, 0.3) is 0 Å². The highest BCUT2D eigenvalue weighted by molar-refractivity contribution is 5.75. The predicted octanol–water partition coefficient (Wildman–Crippen LogP) is 1.66. The molecule has 1 aliphatic heterocycles. The summed E-state index contributed by atoms with van der Waals surface area (Å²) in [7, 11) is 0. The third-order valence-electron chi connectivity index (χ3n) is 4.32. The fourth-order valence-corrected chi connectivity index (χ4v) is 3.28.